The van der Waals surface area contributed by atoms with Crippen molar-refractivity contribution >= 4 is 53.1 Å². The minimum Gasteiger partial charge on any atom is -0.369 e. The lowest BCUT2D eigenvalue weighted by atomic mass is 10.2. The average Bonchev–Trinajstić information content (AvgIpc) is 2.53. The molecule has 1 aromatic carbocycles. The fraction of sp³-hybridized carbons (Fsp3) is 0.600. The van der Waals surface area contributed by atoms with Gasteiger partial charge in [-0.15, -0.1) is 0 Å². The lowest BCUT2D eigenvalue weighted by Gasteiger charge is -2.25. The Hall–Kier alpha value is -0.710. The van der Waals surface area contributed by atoms with Crippen LogP contribution in [-0.2, 0) is 9.84 Å². The fourth-order valence-corrected chi connectivity index (χ4v) is 4.77. The number of alkyl halides is 2. The van der Waals surface area contributed by atoms with Crippen LogP contribution in [0.15, 0.2) is 23.1 Å². The van der Waals surface area contributed by atoms with Crippen LogP contribution in [0.4, 0.5) is 11.4 Å². The van der Waals surface area contributed by atoms with Gasteiger partial charge in [0.2, 0.25) is 0 Å². The molecular weight excluding hydrogens is 478 g/mol. The first-order chi connectivity index (χ1) is 11.7. The maximum absolute atomic E-state index is 12.8. The molecule has 0 atom stereocenters. The number of rotatable bonds is 11. The summed E-state index contributed by atoms with van der Waals surface area (Å²) in [5, 5.41) is 12.4. The second-order valence-electron chi connectivity index (χ2n) is 5.75. The highest BCUT2D eigenvalue weighted by Gasteiger charge is 2.25. The van der Waals surface area contributed by atoms with Gasteiger partial charge in [0.25, 0.3) is 5.69 Å². The highest BCUT2D eigenvalue weighted by molar-refractivity contribution is 9.09. The van der Waals surface area contributed by atoms with Gasteiger partial charge in [0.05, 0.1) is 21.3 Å². The van der Waals surface area contributed by atoms with Gasteiger partial charge in [-0.25, -0.2) is 8.42 Å². The molecule has 1 rings (SSSR count). The molecule has 1 aromatic rings. The first-order valence-corrected chi connectivity index (χ1v) is 11.6. The predicted molar refractivity (Wildman–Crippen MR) is 108 cm³/mol. The summed E-state index contributed by atoms with van der Waals surface area (Å²) < 4.78 is 25.7. The van der Waals surface area contributed by atoms with Crippen molar-refractivity contribution in [3.63, 3.8) is 0 Å². The van der Waals surface area contributed by atoms with Crippen LogP contribution in [0.2, 0.25) is 0 Å². The summed E-state index contributed by atoms with van der Waals surface area (Å²) >= 11 is 6.74. The number of nitrogens with zero attached hydrogens (tertiary/aromatic N) is 3. The van der Waals surface area contributed by atoms with Crippen LogP contribution < -0.4 is 4.90 Å². The van der Waals surface area contributed by atoms with Crippen LogP contribution in [0.25, 0.3) is 0 Å². The number of sulfone groups is 1. The molecule has 0 fully saturated rings. The van der Waals surface area contributed by atoms with Gasteiger partial charge >= 0.3 is 0 Å². The van der Waals surface area contributed by atoms with E-state index in [2.05, 4.69) is 31.9 Å². The standard InChI is InChI=1S/C15H23Br2N3O4S/c1-18(2)8-3-11-25(23,24)15-12-13(20(21)22)4-5-14(15)19(9-6-16)10-7-17/h4-5,12H,3,6-11H2,1-2H3. The summed E-state index contributed by atoms with van der Waals surface area (Å²) in [6.45, 7) is 1.84. The minimum atomic E-state index is -3.63. The van der Waals surface area contributed by atoms with Crippen molar-refractivity contribution in [2.75, 3.05) is 55.0 Å². The molecule has 0 aromatic heterocycles. The Morgan fingerprint density at radius 2 is 1.72 bits per heavy atom. The van der Waals surface area contributed by atoms with Gasteiger partial charge in [-0.05, 0) is 33.1 Å². The third-order valence-corrected chi connectivity index (χ3v) is 6.09. The van der Waals surface area contributed by atoms with Crippen molar-refractivity contribution in [1.29, 1.82) is 0 Å². The highest BCUT2D eigenvalue weighted by Crippen LogP contribution is 2.31. The van der Waals surface area contributed by atoms with E-state index in [-0.39, 0.29) is 16.3 Å². The van der Waals surface area contributed by atoms with Crippen molar-refractivity contribution < 1.29 is 13.3 Å². The minimum absolute atomic E-state index is 0.0300. The maximum atomic E-state index is 12.8. The molecule has 0 heterocycles. The van der Waals surface area contributed by atoms with Crippen LogP contribution in [0.1, 0.15) is 6.42 Å². The Labute approximate surface area is 165 Å². The number of hydrogen-bond donors (Lipinski definition) is 0. The zero-order valence-electron chi connectivity index (χ0n) is 14.3. The number of nitro benzene ring substituents is 1. The third kappa shape index (κ3) is 6.84. The number of anilines is 1. The fourth-order valence-electron chi connectivity index (χ4n) is 2.36. The third-order valence-electron chi connectivity index (χ3n) is 3.56. The molecule has 7 nitrogen and oxygen atoms in total. The maximum Gasteiger partial charge on any atom is 0.270 e. The molecule has 0 aliphatic carbocycles. The van der Waals surface area contributed by atoms with Crippen LogP contribution in [-0.4, -0.2) is 68.4 Å². The van der Waals surface area contributed by atoms with Crippen molar-refractivity contribution in [3.05, 3.63) is 28.3 Å². The average molecular weight is 501 g/mol. The van der Waals surface area contributed by atoms with Gasteiger partial charge in [0, 0.05) is 35.9 Å². The molecule has 10 heteroatoms. The van der Waals surface area contributed by atoms with Crippen molar-refractivity contribution in [3.8, 4) is 0 Å². The first-order valence-electron chi connectivity index (χ1n) is 7.75. The molecular formula is C15H23Br2N3O4S. The number of nitro groups is 1. The SMILES string of the molecule is CN(C)CCCS(=O)(=O)c1cc([N+](=O)[O-])ccc1N(CCBr)CCBr. The molecule has 0 aliphatic rings. The largest absolute Gasteiger partial charge is 0.369 e. The number of halogens is 2. The molecule has 0 bridgehead atoms. The van der Waals surface area contributed by atoms with E-state index in [4.69, 9.17) is 0 Å². The Balaban J connectivity index is 3.31. The van der Waals surface area contributed by atoms with Crippen LogP contribution in [0.3, 0.4) is 0 Å². The summed E-state index contributed by atoms with van der Waals surface area (Å²) in [4.78, 5) is 14.4. The first kappa shape index (κ1) is 22.3. The molecule has 0 aliphatic heterocycles. The lowest BCUT2D eigenvalue weighted by molar-refractivity contribution is -0.385. The molecule has 25 heavy (non-hydrogen) atoms. The van der Waals surface area contributed by atoms with Crippen molar-refractivity contribution in [2.45, 2.75) is 11.3 Å². The molecule has 0 spiro atoms. The van der Waals surface area contributed by atoms with E-state index in [1.165, 1.54) is 18.2 Å². The van der Waals surface area contributed by atoms with Crippen LogP contribution >= 0.6 is 31.9 Å². The summed E-state index contributed by atoms with van der Waals surface area (Å²) in [6, 6.07) is 4.06. The smallest absolute Gasteiger partial charge is 0.270 e. The second-order valence-corrected chi connectivity index (χ2v) is 9.41. The van der Waals surface area contributed by atoms with Gasteiger partial charge in [-0.1, -0.05) is 31.9 Å². The van der Waals surface area contributed by atoms with E-state index < -0.39 is 14.8 Å². The Bertz CT molecular complexity index is 677. The summed E-state index contributed by atoms with van der Waals surface area (Å²) in [6.07, 6.45) is 0.467. The van der Waals surface area contributed by atoms with Gasteiger partial charge in [0.1, 0.15) is 0 Å². The van der Waals surface area contributed by atoms with E-state index in [1.807, 2.05) is 23.9 Å². The molecule has 0 saturated heterocycles. The molecule has 0 amide bonds. The van der Waals surface area contributed by atoms with Crippen LogP contribution in [0, 0.1) is 10.1 Å². The normalized spacial score (nSPS) is 11.7. The zero-order valence-corrected chi connectivity index (χ0v) is 18.3. The zero-order chi connectivity index (χ0) is 19.0. The lowest BCUT2D eigenvalue weighted by Crippen LogP contribution is -2.29. The molecule has 0 radical (unpaired) electrons. The van der Waals surface area contributed by atoms with Crippen molar-refractivity contribution in [2.24, 2.45) is 0 Å². The summed E-state index contributed by atoms with van der Waals surface area (Å²) in [5.74, 6) is -0.0458. The summed E-state index contributed by atoms with van der Waals surface area (Å²) in [7, 11) is 0.121. The van der Waals surface area contributed by atoms with Gasteiger partial charge < -0.3 is 9.80 Å². The Morgan fingerprint density at radius 1 is 1.12 bits per heavy atom. The van der Waals surface area contributed by atoms with Crippen molar-refractivity contribution in [1.82, 2.24) is 4.90 Å². The van der Waals surface area contributed by atoms with E-state index >= 15 is 0 Å². The predicted octanol–water partition coefficient (Wildman–Crippen LogP) is 2.92. The highest BCUT2D eigenvalue weighted by atomic mass is 79.9. The van der Waals surface area contributed by atoms with Crippen LogP contribution in [0.5, 0.6) is 0 Å². The van der Waals surface area contributed by atoms with Gasteiger partial charge in [0.15, 0.2) is 9.84 Å². The van der Waals surface area contributed by atoms with Gasteiger partial charge in [-0.3, -0.25) is 10.1 Å². The topological polar surface area (TPSA) is 83.8 Å². The second kappa shape index (κ2) is 10.4. The Morgan fingerprint density at radius 3 is 2.20 bits per heavy atom. The van der Waals surface area contributed by atoms with E-state index in [9.17, 15) is 18.5 Å². The van der Waals surface area contributed by atoms with E-state index in [0.29, 0.717) is 42.4 Å². The summed E-state index contributed by atoms with van der Waals surface area (Å²) in [5.41, 5.74) is 0.293. The number of non-ortho nitro benzene ring substituents is 1. The molecule has 142 valence electrons. The molecule has 0 unspecified atom stereocenters. The molecule has 0 N–H and O–H groups in total. The Kier molecular flexibility index (Phi) is 9.33. The number of benzene rings is 1. The quantitative estimate of drug-likeness (QED) is 0.264. The van der Waals surface area contributed by atoms with E-state index in [1.54, 1.807) is 0 Å². The van der Waals surface area contributed by atoms with Gasteiger partial charge in [-0.2, -0.15) is 0 Å². The molecule has 0 saturated carbocycles. The number of hydrogen-bond acceptors (Lipinski definition) is 6. The monoisotopic (exact) mass is 499 g/mol. The van der Waals surface area contributed by atoms with E-state index in [0.717, 1.165) is 0 Å².